The van der Waals surface area contributed by atoms with Crippen molar-refractivity contribution < 1.29 is 63.1 Å². The van der Waals surface area contributed by atoms with Crippen molar-refractivity contribution in [1.29, 1.82) is 0 Å². The Morgan fingerprint density at radius 3 is 1.43 bits per heavy atom. The molecule has 0 bridgehead atoms. The maximum absolute atomic E-state index is 12.8. The minimum Gasteiger partial charge on any atom is -0.462 e. The predicted octanol–water partition coefficient (Wildman–Crippen LogP) is 9.00. The number of aliphatic hydroxyl groups is 5. The first-order valence-electron chi connectivity index (χ1n) is 23.3. The van der Waals surface area contributed by atoms with Crippen molar-refractivity contribution >= 4 is 19.8 Å². The van der Waals surface area contributed by atoms with E-state index in [0.29, 0.717) is 12.8 Å². The van der Waals surface area contributed by atoms with E-state index in [0.717, 1.165) is 83.5 Å². The van der Waals surface area contributed by atoms with E-state index in [9.17, 15) is 44.6 Å². The summed E-state index contributed by atoms with van der Waals surface area (Å²) < 4.78 is 33.5. The number of allylic oxidation sites excluding steroid dienone is 6. The van der Waals surface area contributed by atoms with Crippen LogP contribution in [0.15, 0.2) is 36.5 Å². The molecule has 1 aliphatic carbocycles. The van der Waals surface area contributed by atoms with Gasteiger partial charge in [0, 0.05) is 12.8 Å². The van der Waals surface area contributed by atoms with Crippen LogP contribution in [0.5, 0.6) is 0 Å². The minimum atomic E-state index is -5.12. The third-order valence-corrected chi connectivity index (χ3v) is 11.7. The van der Waals surface area contributed by atoms with Crippen molar-refractivity contribution in [1.82, 2.24) is 0 Å². The fraction of sp³-hybridized carbons (Fsp3) is 0.826. The van der Waals surface area contributed by atoms with Gasteiger partial charge in [0.2, 0.25) is 0 Å². The zero-order valence-corrected chi connectivity index (χ0v) is 37.9. The summed E-state index contributed by atoms with van der Waals surface area (Å²) in [7, 11) is -5.12. The third kappa shape index (κ3) is 28.6. The van der Waals surface area contributed by atoms with E-state index in [2.05, 4.69) is 50.3 Å². The lowest BCUT2D eigenvalue weighted by Gasteiger charge is -2.41. The molecule has 0 aromatic heterocycles. The molecule has 60 heavy (non-hydrogen) atoms. The first-order chi connectivity index (χ1) is 28.9. The highest BCUT2D eigenvalue weighted by molar-refractivity contribution is 7.47. The minimum absolute atomic E-state index is 0.0903. The van der Waals surface area contributed by atoms with Gasteiger partial charge >= 0.3 is 19.8 Å². The number of unbranched alkanes of at least 4 members (excludes halogenated alkanes) is 20. The van der Waals surface area contributed by atoms with Crippen LogP contribution in [-0.2, 0) is 32.7 Å². The maximum Gasteiger partial charge on any atom is 0.472 e. The van der Waals surface area contributed by atoms with Gasteiger partial charge in [-0.3, -0.25) is 18.6 Å². The van der Waals surface area contributed by atoms with Gasteiger partial charge in [-0.05, 0) is 64.2 Å². The molecule has 6 N–H and O–H groups in total. The Kier molecular flexibility index (Phi) is 34.2. The van der Waals surface area contributed by atoms with Crippen LogP contribution in [0.2, 0.25) is 0 Å². The summed E-state index contributed by atoms with van der Waals surface area (Å²) in [5.41, 5.74) is 0. The summed E-state index contributed by atoms with van der Waals surface area (Å²) in [6.45, 7) is 3.21. The molecule has 6 unspecified atom stereocenters. The second kappa shape index (κ2) is 36.5. The van der Waals surface area contributed by atoms with Gasteiger partial charge in [-0.1, -0.05) is 147 Å². The van der Waals surface area contributed by atoms with Crippen LogP contribution in [0.1, 0.15) is 187 Å². The number of phosphoric ester groups is 1. The van der Waals surface area contributed by atoms with E-state index >= 15 is 0 Å². The van der Waals surface area contributed by atoms with Crippen LogP contribution in [0.3, 0.4) is 0 Å². The van der Waals surface area contributed by atoms with E-state index in [1.54, 1.807) is 0 Å². The van der Waals surface area contributed by atoms with Gasteiger partial charge in [-0.15, -0.1) is 0 Å². The number of rotatable bonds is 38. The van der Waals surface area contributed by atoms with Crippen LogP contribution >= 0.6 is 7.82 Å². The van der Waals surface area contributed by atoms with Crippen molar-refractivity contribution in [3.63, 3.8) is 0 Å². The fourth-order valence-electron chi connectivity index (χ4n) is 6.91. The number of ether oxygens (including phenoxy) is 2. The molecule has 1 rings (SSSR count). The number of hydrogen-bond acceptors (Lipinski definition) is 12. The van der Waals surface area contributed by atoms with Gasteiger partial charge in [-0.25, -0.2) is 4.57 Å². The van der Waals surface area contributed by atoms with Gasteiger partial charge in [-0.2, -0.15) is 0 Å². The summed E-state index contributed by atoms with van der Waals surface area (Å²) in [5.74, 6) is -1.12. The highest BCUT2D eigenvalue weighted by Gasteiger charge is 2.51. The summed E-state index contributed by atoms with van der Waals surface area (Å²) in [4.78, 5) is 35.6. The summed E-state index contributed by atoms with van der Waals surface area (Å²) in [6.07, 6.45) is 27.8. The van der Waals surface area contributed by atoms with Crippen LogP contribution in [0.25, 0.3) is 0 Å². The number of hydrogen-bond donors (Lipinski definition) is 6. The molecule has 14 heteroatoms. The molecule has 0 amide bonds. The van der Waals surface area contributed by atoms with E-state index in [1.165, 1.54) is 64.2 Å². The van der Waals surface area contributed by atoms with Crippen LogP contribution in [-0.4, -0.2) is 98.3 Å². The first kappa shape index (κ1) is 56.1. The summed E-state index contributed by atoms with van der Waals surface area (Å²) in [5, 5.41) is 50.1. The Bertz CT molecular complexity index is 1190. The highest BCUT2D eigenvalue weighted by Crippen LogP contribution is 2.47. The molecule has 6 atom stereocenters. The molecular formula is C46H83O13P. The molecule has 0 aromatic carbocycles. The van der Waals surface area contributed by atoms with E-state index in [4.69, 9.17) is 18.5 Å². The van der Waals surface area contributed by atoms with Gasteiger partial charge in [0.05, 0.1) is 6.61 Å². The molecule has 0 aliphatic heterocycles. The molecule has 350 valence electrons. The van der Waals surface area contributed by atoms with Crippen molar-refractivity contribution in [3.05, 3.63) is 36.5 Å². The monoisotopic (exact) mass is 875 g/mol. The number of carbonyl (C=O) groups excluding carboxylic acids is 2. The highest BCUT2D eigenvalue weighted by atomic mass is 31.2. The second-order valence-corrected chi connectivity index (χ2v) is 17.7. The molecule has 0 aromatic rings. The lowest BCUT2D eigenvalue weighted by atomic mass is 9.85. The zero-order valence-electron chi connectivity index (χ0n) is 37.0. The van der Waals surface area contributed by atoms with E-state index in [1.807, 2.05) is 0 Å². The van der Waals surface area contributed by atoms with E-state index < -0.39 is 75.7 Å². The van der Waals surface area contributed by atoms with Crippen molar-refractivity contribution in [2.75, 3.05) is 13.2 Å². The zero-order chi connectivity index (χ0) is 44.3. The number of carbonyl (C=O) groups is 2. The van der Waals surface area contributed by atoms with Gasteiger partial charge in [0.1, 0.15) is 43.2 Å². The molecule has 0 saturated heterocycles. The lowest BCUT2D eigenvalue weighted by Crippen LogP contribution is -2.64. The predicted molar refractivity (Wildman–Crippen MR) is 235 cm³/mol. The quantitative estimate of drug-likeness (QED) is 0.0148. The Labute approximate surface area is 361 Å². The average molecular weight is 875 g/mol. The van der Waals surface area contributed by atoms with Gasteiger partial charge in [0.15, 0.2) is 6.10 Å². The number of phosphoric acid groups is 1. The van der Waals surface area contributed by atoms with Crippen LogP contribution in [0, 0.1) is 0 Å². The topological polar surface area (TPSA) is 210 Å². The molecule has 1 fully saturated rings. The Balaban J connectivity index is 2.41. The molecular weight excluding hydrogens is 791 g/mol. The molecule has 1 saturated carbocycles. The molecule has 1 aliphatic rings. The Morgan fingerprint density at radius 2 is 0.933 bits per heavy atom. The maximum atomic E-state index is 12.8. The lowest BCUT2D eigenvalue weighted by molar-refractivity contribution is -0.220. The smallest absolute Gasteiger partial charge is 0.462 e. The molecule has 0 spiro atoms. The first-order valence-corrected chi connectivity index (χ1v) is 24.8. The average Bonchev–Trinajstić information content (AvgIpc) is 3.23. The summed E-state index contributed by atoms with van der Waals surface area (Å²) in [6, 6.07) is 0. The van der Waals surface area contributed by atoms with Crippen molar-refractivity contribution in [2.45, 2.75) is 230 Å². The second-order valence-electron chi connectivity index (χ2n) is 16.3. The van der Waals surface area contributed by atoms with Crippen molar-refractivity contribution in [2.24, 2.45) is 0 Å². The molecule has 13 nitrogen and oxygen atoms in total. The van der Waals surface area contributed by atoms with Crippen LogP contribution < -0.4 is 0 Å². The summed E-state index contributed by atoms with van der Waals surface area (Å²) >= 11 is 0. The number of aliphatic hydroxyl groups excluding tert-OH is 5. The molecule has 0 heterocycles. The standard InChI is InChI=1S/C46H83O13P/c1-3-5-7-9-11-13-15-16-17-18-19-20-21-22-23-24-25-27-29-31-33-35-40(48)58-38(36-56-39(47)34-32-30-28-26-14-12-10-8-6-4-2)37-57-60(54,55)59-46-44(52)42(50)41(49)43(51)45(46)53/h8,10,15-16,18-19,38,41-46,49-53H,3-7,9,11-14,17,20-37H2,1-2H3,(H,54,55)/b10-8-,16-15-,19-18-. The number of esters is 2. The van der Waals surface area contributed by atoms with Crippen LogP contribution in [0.4, 0.5) is 0 Å². The normalized spacial score (nSPS) is 22.5. The third-order valence-electron chi connectivity index (χ3n) is 10.7. The molecule has 0 radical (unpaired) electrons. The van der Waals surface area contributed by atoms with Gasteiger partial charge < -0.3 is 39.9 Å². The van der Waals surface area contributed by atoms with E-state index in [-0.39, 0.29) is 12.8 Å². The SMILES string of the molecule is CCC/C=C\CCCCCCCC(=O)OCC(COP(=O)(O)OC1C(O)C(O)C(O)C(O)C1O)OC(=O)CCCCCCCCCCC/C=C\C/C=C\CCCCCCC. The van der Waals surface area contributed by atoms with Crippen molar-refractivity contribution in [3.8, 4) is 0 Å². The Hall–Kier alpha value is -1.93. The van der Waals surface area contributed by atoms with Gasteiger partial charge in [0.25, 0.3) is 0 Å². The Morgan fingerprint density at radius 1 is 0.517 bits per heavy atom. The fourth-order valence-corrected chi connectivity index (χ4v) is 7.88. The largest absolute Gasteiger partial charge is 0.472 e.